The van der Waals surface area contributed by atoms with Crippen LogP contribution in [-0.2, 0) is 11.3 Å². The molecule has 0 atom stereocenters. The van der Waals surface area contributed by atoms with Crippen molar-refractivity contribution in [3.63, 3.8) is 0 Å². The van der Waals surface area contributed by atoms with Crippen molar-refractivity contribution < 1.29 is 13.5 Å². The van der Waals surface area contributed by atoms with E-state index in [0.29, 0.717) is 35.1 Å². The minimum Gasteiger partial charge on any atom is -0.381 e. The van der Waals surface area contributed by atoms with Crippen LogP contribution in [0.2, 0.25) is 0 Å². The van der Waals surface area contributed by atoms with E-state index in [-0.39, 0.29) is 0 Å². The molecular formula is C22H25F2N7O. The normalized spacial score (nSPS) is 19.3. The minimum atomic E-state index is -2.46. The lowest BCUT2D eigenvalue weighted by Gasteiger charge is -2.28. The average molecular weight is 441 g/mol. The largest absolute Gasteiger partial charge is 0.381 e. The molecule has 168 valence electrons. The summed E-state index contributed by atoms with van der Waals surface area (Å²) >= 11 is 0. The lowest BCUT2D eigenvalue weighted by Crippen LogP contribution is -2.30. The Bertz CT molecular complexity index is 1240. The molecule has 4 heterocycles. The van der Waals surface area contributed by atoms with Gasteiger partial charge in [-0.15, -0.1) is 5.10 Å². The zero-order valence-electron chi connectivity index (χ0n) is 18.0. The molecule has 0 aromatic carbocycles. The number of hydrogen-bond acceptors (Lipinski definition) is 6. The predicted molar refractivity (Wildman–Crippen MR) is 117 cm³/mol. The number of imidazole rings is 1. The van der Waals surface area contributed by atoms with Crippen molar-refractivity contribution in [3.8, 4) is 11.1 Å². The summed E-state index contributed by atoms with van der Waals surface area (Å²) in [7, 11) is 1.76. The minimum absolute atomic E-state index is 0.332. The number of alkyl halides is 2. The van der Waals surface area contributed by atoms with Crippen LogP contribution in [0.25, 0.3) is 27.8 Å². The molecule has 32 heavy (non-hydrogen) atoms. The first-order valence-corrected chi connectivity index (χ1v) is 10.8. The van der Waals surface area contributed by atoms with Gasteiger partial charge in [0.1, 0.15) is 5.82 Å². The van der Waals surface area contributed by atoms with Crippen LogP contribution < -0.4 is 5.32 Å². The second kappa shape index (κ2) is 8.42. The molecule has 0 aliphatic heterocycles. The molecule has 1 fully saturated rings. The van der Waals surface area contributed by atoms with Gasteiger partial charge in [0.2, 0.25) is 5.95 Å². The summed E-state index contributed by atoms with van der Waals surface area (Å²) in [5, 5.41) is 8.03. The number of methoxy groups -OCH3 is 1. The standard InChI is InChI=1S/C22H25F2N7O/c1-13-27-21-18(30(13)12-20(23)24)9-14(10-25-21)17-7-8-31-19(17)11-26-22(29-31)28-15-3-5-16(32-2)6-4-15/h7-11,15-16,20H,3-6,12H2,1-2H3,(H,28,29)/t15-,16+. The van der Waals surface area contributed by atoms with Gasteiger partial charge in [0, 0.05) is 36.7 Å². The molecule has 0 bridgehead atoms. The molecule has 1 N–H and O–H groups in total. The SMILES string of the molecule is CO[C@H]1CC[C@@H](Nc2ncc3c(-c4cnc5nc(C)n(CC(F)F)c5c4)ccn3n2)CC1. The van der Waals surface area contributed by atoms with Crippen molar-refractivity contribution in [2.45, 2.75) is 57.7 Å². The smallest absolute Gasteiger partial charge is 0.256 e. The van der Waals surface area contributed by atoms with Gasteiger partial charge in [-0.05, 0) is 44.7 Å². The highest BCUT2D eigenvalue weighted by Crippen LogP contribution is 2.28. The molecule has 5 rings (SSSR count). The van der Waals surface area contributed by atoms with Crippen molar-refractivity contribution in [2.24, 2.45) is 0 Å². The number of halogens is 2. The molecule has 0 radical (unpaired) electrons. The first-order chi connectivity index (χ1) is 15.5. The lowest BCUT2D eigenvalue weighted by molar-refractivity contribution is 0.0681. The van der Waals surface area contributed by atoms with E-state index in [9.17, 15) is 8.78 Å². The van der Waals surface area contributed by atoms with Crippen molar-refractivity contribution in [1.29, 1.82) is 0 Å². The Kier molecular flexibility index (Phi) is 5.46. The topological polar surface area (TPSA) is 82.2 Å². The third-order valence-electron chi connectivity index (χ3n) is 6.19. The Morgan fingerprint density at radius 1 is 1.16 bits per heavy atom. The van der Waals surface area contributed by atoms with Gasteiger partial charge in [-0.1, -0.05) is 0 Å². The van der Waals surface area contributed by atoms with Crippen molar-refractivity contribution in [3.05, 3.63) is 36.5 Å². The molecule has 0 amide bonds. The summed E-state index contributed by atoms with van der Waals surface area (Å²) in [5.41, 5.74) is 3.55. The number of ether oxygens (including phenoxy) is 1. The predicted octanol–water partition coefficient (Wildman–Crippen LogP) is 4.08. The number of anilines is 1. The highest BCUT2D eigenvalue weighted by atomic mass is 19.3. The van der Waals surface area contributed by atoms with E-state index in [1.54, 1.807) is 30.9 Å². The van der Waals surface area contributed by atoms with E-state index in [2.05, 4.69) is 25.4 Å². The lowest BCUT2D eigenvalue weighted by atomic mass is 9.93. The molecule has 0 unspecified atom stereocenters. The summed E-state index contributed by atoms with van der Waals surface area (Å²) in [6, 6.07) is 4.11. The van der Waals surface area contributed by atoms with Crippen LogP contribution in [0.4, 0.5) is 14.7 Å². The number of hydrogen-bond donors (Lipinski definition) is 1. The Balaban J connectivity index is 1.42. The van der Waals surface area contributed by atoms with E-state index in [4.69, 9.17) is 4.74 Å². The zero-order valence-corrected chi connectivity index (χ0v) is 18.0. The maximum atomic E-state index is 13.0. The second-order valence-electron chi connectivity index (χ2n) is 8.22. The van der Waals surface area contributed by atoms with Gasteiger partial charge < -0.3 is 14.6 Å². The Hall–Kier alpha value is -3.14. The fourth-order valence-corrected chi connectivity index (χ4v) is 4.47. The molecule has 0 spiro atoms. The summed E-state index contributed by atoms with van der Waals surface area (Å²) in [6.07, 6.45) is 7.33. The number of nitrogens with one attached hydrogen (secondary N) is 1. The number of pyridine rings is 1. The van der Waals surface area contributed by atoms with Crippen LogP contribution in [0.1, 0.15) is 31.5 Å². The van der Waals surface area contributed by atoms with E-state index in [1.807, 2.05) is 18.3 Å². The van der Waals surface area contributed by atoms with E-state index in [1.165, 1.54) is 4.57 Å². The highest BCUT2D eigenvalue weighted by molar-refractivity contribution is 5.85. The summed E-state index contributed by atoms with van der Waals surface area (Å²) in [5.74, 6) is 1.10. The van der Waals surface area contributed by atoms with Crippen LogP contribution in [0, 0.1) is 6.92 Å². The Labute approximate surface area is 183 Å². The summed E-state index contributed by atoms with van der Waals surface area (Å²) in [4.78, 5) is 13.2. The Morgan fingerprint density at radius 3 is 2.72 bits per heavy atom. The number of fused-ring (bicyclic) bond motifs is 2. The van der Waals surface area contributed by atoms with Crippen molar-refractivity contribution in [1.82, 2.24) is 29.1 Å². The van der Waals surface area contributed by atoms with Crippen LogP contribution in [0.15, 0.2) is 30.7 Å². The Morgan fingerprint density at radius 2 is 1.97 bits per heavy atom. The molecule has 4 aromatic rings. The fraction of sp³-hybridized carbons (Fsp3) is 0.455. The average Bonchev–Trinajstić information content (AvgIpc) is 3.34. The van der Waals surface area contributed by atoms with Crippen LogP contribution in [-0.4, -0.2) is 54.8 Å². The first-order valence-electron chi connectivity index (χ1n) is 10.8. The number of aryl methyl sites for hydroxylation is 1. The third-order valence-corrected chi connectivity index (χ3v) is 6.19. The summed E-state index contributed by atoms with van der Waals surface area (Å²) < 4.78 is 34.8. The van der Waals surface area contributed by atoms with Gasteiger partial charge in [0.15, 0.2) is 5.65 Å². The van der Waals surface area contributed by atoms with E-state index < -0.39 is 13.0 Å². The molecule has 8 nitrogen and oxygen atoms in total. The molecule has 1 saturated carbocycles. The first kappa shape index (κ1) is 20.7. The monoisotopic (exact) mass is 441 g/mol. The van der Waals surface area contributed by atoms with Gasteiger partial charge in [-0.3, -0.25) is 0 Å². The maximum Gasteiger partial charge on any atom is 0.256 e. The van der Waals surface area contributed by atoms with Crippen molar-refractivity contribution in [2.75, 3.05) is 12.4 Å². The number of aromatic nitrogens is 6. The molecule has 0 saturated heterocycles. The molecular weight excluding hydrogens is 416 g/mol. The van der Waals surface area contributed by atoms with Crippen LogP contribution in [0.5, 0.6) is 0 Å². The number of nitrogens with zero attached hydrogens (tertiary/aromatic N) is 6. The third kappa shape index (κ3) is 3.90. The molecule has 10 heteroatoms. The molecule has 1 aliphatic carbocycles. The van der Waals surface area contributed by atoms with Gasteiger partial charge in [0.25, 0.3) is 6.43 Å². The van der Waals surface area contributed by atoms with Gasteiger partial charge in [-0.25, -0.2) is 28.2 Å². The van der Waals surface area contributed by atoms with Crippen LogP contribution in [0.3, 0.4) is 0 Å². The van der Waals surface area contributed by atoms with E-state index in [0.717, 1.165) is 42.3 Å². The van der Waals surface area contributed by atoms with Crippen molar-refractivity contribution >= 4 is 22.6 Å². The highest BCUT2D eigenvalue weighted by Gasteiger charge is 2.21. The van der Waals surface area contributed by atoms with Gasteiger partial charge in [-0.2, -0.15) is 0 Å². The molecule has 1 aliphatic rings. The quantitative estimate of drug-likeness (QED) is 0.486. The molecule has 4 aromatic heterocycles. The van der Waals surface area contributed by atoms with Crippen LogP contribution >= 0.6 is 0 Å². The van der Waals surface area contributed by atoms with Gasteiger partial charge >= 0.3 is 0 Å². The summed E-state index contributed by atoms with van der Waals surface area (Å²) in [6.45, 7) is 1.30. The maximum absolute atomic E-state index is 13.0. The number of rotatable bonds is 6. The fourth-order valence-electron chi connectivity index (χ4n) is 4.47. The second-order valence-corrected chi connectivity index (χ2v) is 8.22. The zero-order chi connectivity index (χ0) is 22.2. The van der Waals surface area contributed by atoms with E-state index >= 15 is 0 Å². The van der Waals surface area contributed by atoms with Gasteiger partial charge in [0.05, 0.1) is 29.9 Å².